The first-order chi connectivity index (χ1) is 17.6. The number of ketones is 1. The average Bonchev–Trinajstić information content (AvgIpc) is 3.36. The van der Waals surface area contributed by atoms with E-state index in [1.54, 1.807) is 6.33 Å². The summed E-state index contributed by atoms with van der Waals surface area (Å²) < 4.78 is 8.23. The van der Waals surface area contributed by atoms with Crippen molar-refractivity contribution in [1.82, 2.24) is 19.4 Å². The minimum Gasteiger partial charge on any atom is -0.485 e. The van der Waals surface area contributed by atoms with Crippen molar-refractivity contribution in [2.45, 2.75) is 52.1 Å². The molecule has 184 valence electrons. The summed E-state index contributed by atoms with van der Waals surface area (Å²) >= 11 is 0. The molecule has 4 heterocycles. The number of imidazole rings is 1. The predicted molar refractivity (Wildman–Crippen MR) is 141 cm³/mol. The molecule has 0 atom stereocenters. The van der Waals surface area contributed by atoms with Crippen LogP contribution >= 0.6 is 0 Å². The van der Waals surface area contributed by atoms with Gasteiger partial charge < -0.3 is 9.64 Å². The van der Waals surface area contributed by atoms with E-state index in [0.29, 0.717) is 24.6 Å². The number of fused-ring (bicyclic) bond motifs is 4. The number of nitrogens with zero attached hydrogens (tertiary/aromatic N) is 4. The monoisotopic (exact) mass is 480 g/mol. The summed E-state index contributed by atoms with van der Waals surface area (Å²) in [5, 5.41) is 1.30. The van der Waals surface area contributed by atoms with Crippen LogP contribution in [0.4, 0.5) is 0 Å². The number of para-hydroxylation sites is 1. The van der Waals surface area contributed by atoms with Crippen molar-refractivity contribution in [2.75, 3.05) is 19.6 Å². The predicted octanol–water partition coefficient (Wildman–Crippen LogP) is 5.64. The molecule has 0 amide bonds. The number of ether oxygens (including phenoxy) is 1. The van der Waals surface area contributed by atoms with Crippen molar-refractivity contribution in [2.24, 2.45) is 0 Å². The van der Waals surface area contributed by atoms with Crippen LogP contribution in [0, 0.1) is 6.92 Å². The van der Waals surface area contributed by atoms with Gasteiger partial charge in [0.25, 0.3) is 0 Å². The van der Waals surface area contributed by atoms with Crippen molar-refractivity contribution in [3.63, 3.8) is 0 Å². The normalized spacial score (nSPS) is 15.9. The molecule has 6 nitrogen and oxygen atoms in total. The molecule has 4 aromatic rings. The van der Waals surface area contributed by atoms with Crippen molar-refractivity contribution in [1.29, 1.82) is 0 Å². The molecule has 2 aromatic heterocycles. The zero-order chi connectivity index (χ0) is 24.6. The van der Waals surface area contributed by atoms with Crippen LogP contribution in [0.15, 0.2) is 54.9 Å². The Hall–Kier alpha value is -3.51. The van der Waals surface area contributed by atoms with E-state index < -0.39 is 0 Å². The maximum atomic E-state index is 12.3. The van der Waals surface area contributed by atoms with E-state index >= 15 is 0 Å². The highest BCUT2D eigenvalue weighted by Crippen LogP contribution is 2.36. The van der Waals surface area contributed by atoms with Crippen LogP contribution in [0.5, 0.6) is 5.75 Å². The molecule has 6 heteroatoms. The third-order valence-electron chi connectivity index (χ3n) is 7.77. The molecule has 1 fully saturated rings. The lowest BCUT2D eigenvalue weighted by Crippen LogP contribution is -2.34. The molecule has 0 N–H and O–H groups in total. The van der Waals surface area contributed by atoms with Gasteiger partial charge in [0.05, 0.1) is 16.9 Å². The van der Waals surface area contributed by atoms with E-state index in [4.69, 9.17) is 9.72 Å². The Morgan fingerprint density at radius 3 is 2.75 bits per heavy atom. The van der Waals surface area contributed by atoms with Crippen molar-refractivity contribution < 1.29 is 9.53 Å². The minimum atomic E-state index is 0.0604. The quantitative estimate of drug-likeness (QED) is 0.335. The fraction of sp³-hybridized carbons (Fsp3) is 0.367. The summed E-state index contributed by atoms with van der Waals surface area (Å²) in [5.74, 6) is 1.57. The number of pyridine rings is 1. The maximum Gasteiger partial charge on any atom is 0.182 e. The van der Waals surface area contributed by atoms with Crippen molar-refractivity contribution >= 4 is 16.7 Å². The molecule has 0 aliphatic carbocycles. The zero-order valence-corrected chi connectivity index (χ0v) is 21.0. The lowest BCUT2D eigenvalue weighted by Gasteiger charge is -2.33. The Labute approximate surface area is 211 Å². The van der Waals surface area contributed by atoms with E-state index in [1.807, 2.05) is 11.5 Å². The summed E-state index contributed by atoms with van der Waals surface area (Å²) in [6, 6.07) is 17.2. The average molecular weight is 481 g/mol. The molecular formula is C30H32N4O2. The van der Waals surface area contributed by atoms with Crippen LogP contribution in [-0.2, 0) is 13.0 Å². The Balaban J connectivity index is 1.13. The highest BCUT2D eigenvalue weighted by atomic mass is 16.5. The molecule has 36 heavy (non-hydrogen) atoms. The largest absolute Gasteiger partial charge is 0.485 e. The molecule has 0 saturated carbocycles. The van der Waals surface area contributed by atoms with Gasteiger partial charge in [-0.25, -0.2) is 4.98 Å². The Morgan fingerprint density at radius 1 is 1.08 bits per heavy atom. The summed E-state index contributed by atoms with van der Waals surface area (Å²) in [7, 11) is 0. The van der Waals surface area contributed by atoms with Crippen LogP contribution in [0.1, 0.15) is 65.1 Å². The van der Waals surface area contributed by atoms with Crippen LogP contribution in [0.2, 0.25) is 0 Å². The minimum absolute atomic E-state index is 0.0604. The number of likely N-dealkylation sites (tertiary alicyclic amines) is 1. The summed E-state index contributed by atoms with van der Waals surface area (Å²) in [4.78, 5) is 24.0. The summed E-state index contributed by atoms with van der Waals surface area (Å²) in [5.41, 5.74) is 7.21. The van der Waals surface area contributed by atoms with E-state index in [2.05, 4.69) is 65.3 Å². The SMILES string of the molecule is CCC(=O)c1ncn2c1COc1c(CCN3CCC(c4cccc5nc(C)ccc45)CC3)cccc1-2. The molecule has 2 aliphatic heterocycles. The molecule has 0 unspecified atom stereocenters. The third kappa shape index (κ3) is 4.09. The number of carbonyl (C=O) groups excluding carboxylic acids is 1. The van der Waals surface area contributed by atoms with Crippen LogP contribution in [-0.4, -0.2) is 44.9 Å². The number of rotatable bonds is 6. The first-order valence-electron chi connectivity index (χ1n) is 13.1. The standard InChI is InChI=1S/C30H32N4O2/c1-3-28(35)29-27-18-36-30-22(6-4-9-26(30)34(27)19-31-29)14-17-33-15-12-21(13-16-33)23-7-5-8-25-24(23)11-10-20(2)32-25/h4-11,19,21H,3,12-18H2,1-2H3. The summed E-state index contributed by atoms with van der Waals surface area (Å²) in [6.45, 7) is 7.52. The second-order valence-corrected chi connectivity index (χ2v) is 9.97. The number of hydrogen-bond acceptors (Lipinski definition) is 5. The van der Waals surface area contributed by atoms with Gasteiger partial charge in [0.1, 0.15) is 24.4 Å². The van der Waals surface area contributed by atoms with Gasteiger partial charge in [-0.2, -0.15) is 0 Å². The highest BCUT2D eigenvalue weighted by molar-refractivity contribution is 5.95. The second kappa shape index (κ2) is 9.51. The molecule has 0 radical (unpaired) electrons. The molecule has 1 saturated heterocycles. The molecule has 0 bridgehead atoms. The molecular weight excluding hydrogens is 448 g/mol. The second-order valence-electron chi connectivity index (χ2n) is 9.97. The van der Waals surface area contributed by atoms with E-state index in [9.17, 15) is 4.79 Å². The van der Waals surface area contributed by atoms with Gasteiger partial charge in [0, 0.05) is 24.0 Å². The Morgan fingerprint density at radius 2 is 1.92 bits per heavy atom. The first kappa shape index (κ1) is 22.9. The van der Waals surface area contributed by atoms with Gasteiger partial charge in [-0.1, -0.05) is 37.3 Å². The molecule has 6 rings (SSSR count). The van der Waals surface area contributed by atoms with E-state index in [0.717, 1.165) is 54.4 Å². The number of hydrogen-bond donors (Lipinski definition) is 0. The zero-order valence-electron chi connectivity index (χ0n) is 21.0. The van der Waals surface area contributed by atoms with Crippen LogP contribution < -0.4 is 4.74 Å². The number of benzene rings is 2. The molecule has 0 spiro atoms. The number of Topliss-reactive ketones (excluding diaryl/α,β-unsaturated/α-hetero) is 1. The van der Waals surface area contributed by atoms with Gasteiger partial charge in [0.2, 0.25) is 0 Å². The smallest absolute Gasteiger partial charge is 0.182 e. The van der Waals surface area contributed by atoms with E-state index in [1.165, 1.54) is 29.4 Å². The lowest BCUT2D eigenvalue weighted by molar-refractivity contribution is 0.0980. The van der Waals surface area contributed by atoms with Crippen LogP contribution in [0.25, 0.3) is 16.6 Å². The Kier molecular flexibility index (Phi) is 6.05. The van der Waals surface area contributed by atoms with Crippen LogP contribution in [0.3, 0.4) is 0 Å². The van der Waals surface area contributed by atoms with Gasteiger partial charge >= 0.3 is 0 Å². The fourth-order valence-corrected chi connectivity index (χ4v) is 5.77. The Bertz CT molecular complexity index is 1430. The topological polar surface area (TPSA) is 60.3 Å². The van der Waals surface area contributed by atoms with Crippen molar-refractivity contribution in [3.8, 4) is 11.4 Å². The summed E-state index contributed by atoms with van der Waals surface area (Å²) in [6.07, 6.45) is 5.49. The first-order valence-corrected chi connectivity index (χ1v) is 13.1. The van der Waals surface area contributed by atoms with Gasteiger partial charge in [-0.15, -0.1) is 0 Å². The molecule has 2 aromatic carbocycles. The number of aryl methyl sites for hydroxylation is 1. The maximum absolute atomic E-state index is 12.3. The number of carbonyl (C=O) groups is 1. The van der Waals surface area contributed by atoms with Crippen molar-refractivity contribution in [3.05, 3.63) is 83.1 Å². The number of piperidine rings is 1. The number of aromatic nitrogens is 3. The van der Waals surface area contributed by atoms with E-state index in [-0.39, 0.29) is 5.78 Å². The van der Waals surface area contributed by atoms with Gasteiger partial charge in [0.15, 0.2) is 5.78 Å². The van der Waals surface area contributed by atoms with Gasteiger partial charge in [-0.05, 0) is 74.5 Å². The third-order valence-corrected chi connectivity index (χ3v) is 7.77. The lowest BCUT2D eigenvalue weighted by atomic mass is 9.87. The highest BCUT2D eigenvalue weighted by Gasteiger charge is 2.26. The molecule has 2 aliphatic rings. The van der Waals surface area contributed by atoms with Gasteiger partial charge in [-0.3, -0.25) is 14.3 Å². The fourth-order valence-electron chi connectivity index (χ4n) is 5.77.